The SMILES string of the molecule is Cl.Cl.NC1CCCN(C(=O)CCc2ncc(-c3ccc(Cl)cc3Cl)o2)C1. The summed E-state index contributed by atoms with van der Waals surface area (Å²) in [5.41, 5.74) is 6.65. The van der Waals surface area contributed by atoms with E-state index in [4.69, 9.17) is 33.4 Å². The molecule has 3 rings (SSSR count). The zero-order valence-electron chi connectivity index (χ0n) is 14.0. The topological polar surface area (TPSA) is 72.4 Å². The smallest absolute Gasteiger partial charge is 0.223 e. The summed E-state index contributed by atoms with van der Waals surface area (Å²) in [5, 5.41) is 1.07. The first-order chi connectivity index (χ1) is 11.5. The molecule has 1 amide bonds. The van der Waals surface area contributed by atoms with Gasteiger partial charge in [-0.25, -0.2) is 4.98 Å². The number of carbonyl (C=O) groups is 1. The number of amides is 1. The average molecular weight is 441 g/mol. The molecule has 1 saturated heterocycles. The molecule has 0 saturated carbocycles. The molecule has 1 atom stereocenters. The molecule has 0 spiro atoms. The largest absolute Gasteiger partial charge is 0.441 e. The second-order valence-corrected chi connectivity index (χ2v) is 6.83. The summed E-state index contributed by atoms with van der Waals surface area (Å²) in [4.78, 5) is 18.3. The zero-order chi connectivity index (χ0) is 17.1. The molecule has 1 fully saturated rings. The molecule has 1 aliphatic rings. The Morgan fingerprint density at radius 3 is 2.81 bits per heavy atom. The highest BCUT2D eigenvalue weighted by Gasteiger charge is 2.21. The molecule has 1 aromatic heterocycles. The van der Waals surface area contributed by atoms with E-state index in [0.29, 0.717) is 41.1 Å². The van der Waals surface area contributed by atoms with E-state index >= 15 is 0 Å². The highest BCUT2D eigenvalue weighted by molar-refractivity contribution is 6.36. The van der Waals surface area contributed by atoms with E-state index in [2.05, 4.69) is 4.98 Å². The lowest BCUT2D eigenvalue weighted by molar-refractivity contribution is -0.132. The molecule has 1 aliphatic heterocycles. The third-order valence-electron chi connectivity index (χ3n) is 4.11. The number of hydrogen-bond acceptors (Lipinski definition) is 4. The first-order valence-corrected chi connectivity index (χ1v) is 8.72. The molecule has 1 unspecified atom stereocenters. The van der Waals surface area contributed by atoms with Crippen LogP contribution in [0, 0.1) is 0 Å². The van der Waals surface area contributed by atoms with Gasteiger partial charge in [-0.3, -0.25) is 4.79 Å². The van der Waals surface area contributed by atoms with Crippen LogP contribution in [-0.4, -0.2) is 34.9 Å². The number of halogens is 4. The Kier molecular flexibility index (Phi) is 9.21. The van der Waals surface area contributed by atoms with Crippen molar-refractivity contribution >= 4 is 53.9 Å². The number of nitrogens with two attached hydrogens (primary N) is 1. The van der Waals surface area contributed by atoms with Gasteiger partial charge in [0.25, 0.3) is 0 Å². The number of oxazole rings is 1. The van der Waals surface area contributed by atoms with Gasteiger partial charge in [-0.1, -0.05) is 23.2 Å². The van der Waals surface area contributed by atoms with Crippen LogP contribution in [0.25, 0.3) is 11.3 Å². The molecule has 0 aliphatic carbocycles. The number of aryl methyl sites for hydroxylation is 1. The first-order valence-electron chi connectivity index (χ1n) is 7.96. The van der Waals surface area contributed by atoms with Crippen molar-refractivity contribution in [2.75, 3.05) is 13.1 Å². The van der Waals surface area contributed by atoms with Crippen LogP contribution in [0.3, 0.4) is 0 Å². The van der Waals surface area contributed by atoms with Crippen molar-refractivity contribution in [3.8, 4) is 11.3 Å². The van der Waals surface area contributed by atoms with Crippen molar-refractivity contribution in [2.45, 2.75) is 31.7 Å². The van der Waals surface area contributed by atoms with Gasteiger partial charge in [0.1, 0.15) is 0 Å². The summed E-state index contributed by atoms with van der Waals surface area (Å²) in [6, 6.07) is 5.27. The molecule has 2 N–H and O–H groups in total. The van der Waals surface area contributed by atoms with Crippen molar-refractivity contribution in [2.24, 2.45) is 5.73 Å². The molecule has 5 nitrogen and oxygen atoms in total. The van der Waals surface area contributed by atoms with Gasteiger partial charge in [0.05, 0.1) is 11.2 Å². The number of carbonyl (C=O) groups excluding carboxylic acids is 1. The molecule has 9 heteroatoms. The molecule has 26 heavy (non-hydrogen) atoms. The number of benzene rings is 1. The Balaban J connectivity index is 0.00000169. The predicted molar refractivity (Wildman–Crippen MR) is 109 cm³/mol. The van der Waals surface area contributed by atoms with Crippen LogP contribution in [0.1, 0.15) is 25.2 Å². The van der Waals surface area contributed by atoms with E-state index in [1.165, 1.54) is 0 Å². The highest BCUT2D eigenvalue weighted by Crippen LogP contribution is 2.30. The van der Waals surface area contributed by atoms with E-state index in [1.807, 2.05) is 4.90 Å². The zero-order valence-corrected chi connectivity index (χ0v) is 17.1. The van der Waals surface area contributed by atoms with Crippen LogP contribution in [0.15, 0.2) is 28.8 Å². The van der Waals surface area contributed by atoms with Crippen molar-refractivity contribution in [1.82, 2.24) is 9.88 Å². The fourth-order valence-corrected chi connectivity index (χ4v) is 3.35. The van der Waals surface area contributed by atoms with Crippen LogP contribution in [-0.2, 0) is 11.2 Å². The van der Waals surface area contributed by atoms with Crippen LogP contribution in [0.2, 0.25) is 10.0 Å². The maximum absolute atomic E-state index is 12.3. The number of hydrogen-bond donors (Lipinski definition) is 1. The molecule has 0 radical (unpaired) electrons. The third kappa shape index (κ3) is 5.76. The highest BCUT2D eigenvalue weighted by atomic mass is 35.5. The Morgan fingerprint density at radius 2 is 2.12 bits per heavy atom. The number of aromatic nitrogens is 1. The molecular formula is C17H21Cl4N3O2. The number of piperidine rings is 1. The lowest BCUT2D eigenvalue weighted by Crippen LogP contribution is -2.45. The van der Waals surface area contributed by atoms with Gasteiger partial charge in [-0.15, -0.1) is 24.8 Å². The lowest BCUT2D eigenvalue weighted by Gasteiger charge is -2.30. The maximum Gasteiger partial charge on any atom is 0.223 e. The Bertz CT molecular complexity index is 739. The first kappa shape index (κ1) is 23.1. The monoisotopic (exact) mass is 439 g/mol. The van der Waals surface area contributed by atoms with Gasteiger partial charge in [-0.05, 0) is 31.0 Å². The van der Waals surface area contributed by atoms with Crippen molar-refractivity contribution in [3.05, 3.63) is 40.3 Å². The van der Waals surface area contributed by atoms with E-state index in [-0.39, 0.29) is 36.8 Å². The Morgan fingerprint density at radius 1 is 1.35 bits per heavy atom. The summed E-state index contributed by atoms with van der Waals surface area (Å²) in [7, 11) is 0. The minimum Gasteiger partial charge on any atom is -0.441 e. The summed E-state index contributed by atoms with van der Waals surface area (Å²) in [5.74, 6) is 1.18. The molecule has 2 heterocycles. The molecule has 0 bridgehead atoms. The summed E-state index contributed by atoms with van der Waals surface area (Å²) in [6.07, 6.45) is 4.38. The molecule has 144 valence electrons. The van der Waals surface area contributed by atoms with Crippen LogP contribution in [0.4, 0.5) is 0 Å². The van der Waals surface area contributed by atoms with Crippen molar-refractivity contribution in [1.29, 1.82) is 0 Å². The standard InChI is InChI=1S/C17H19Cl2N3O2.2ClH/c18-11-3-4-13(14(19)8-11)15-9-21-16(24-15)5-6-17(23)22-7-1-2-12(20)10-22;;/h3-4,8-9,12H,1-2,5-7,10,20H2;2*1H. The van der Waals surface area contributed by atoms with Gasteiger partial charge in [0.2, 0.25) is 5.91 Å². The molecular weight excluding hydrogens is 420 g/mol. The summed E-state index contributed by atoms with van der Waals surface area (Å²) in [6.45, 7) is 1.42. The van der Waals surface area contributed by atoms with Gasteiger partial charge in [-0.2, -0.15) is 0 Å². The van der Waals surface area contributed by atoms with Gasteiger partial charge in [0, 0.05) is 42.6 Å². The normalized spacial score (nSPS) is 16.6. The Hall–Kier alpha value is -0.980. The molecule has 2 aromatic rings. The Labute approximate surface area is 175 Å². The summed E-state index contributed by atoms with van der Waals surface area (Å²) >= 11 is 12.1. The fourth-order valence-electron chi connectivity index (χ4n) is 2.85. The minimum atomic E-state index is 0. The number of likely N-dealkylation sites (tertiary alicyclic amines) is 1. The summed E-state index contributed by atoms with van der Waals surface area (Å²) < 4.78 is 5.72. The van der Waals surface area contributed by atoms with Crippen molar-refractivity contribution < 1.29 is 9.21 Å². The van der Waals surface area contributed by atoms with Gasteiger partial charge < -0.3 is 15.1 Å². The number of nitrogens with zero attached hydrogens (tertiary/aromatic N) is 2. The number of rotatable bonds is 4. The second kappa shape index (κ2) is 10.4. The van der Waals surface area contributed by atoms with E-state index < -0.39 is 0 Å². The van der Waals surface area contributed by atoms with Gasteiger partial charge in [0.15, 0.2) is 11.7 Å². The third-order valence-corrected chi connectivity index (χ3v) is 4.66. The van der Waals surface area contributed by atoms with Crippen LogP contribution in [0.5, 0.6) is 0 Å². The van der Waals surface area contributed by atoms with Crippen LogP contribution < -0.4 is 5.73 Å². The van der Waals surface area contributed by atoms with Gasteiger partial charge >= 0.3 is 0 Å². The van der Waals surface area contributed by atoms with Crippen molar-refractivity contribution in [3.63, 3.8) is 0 Å². The second-order valence-electron chi connectivity index (χ2n) is 5.98. The lowest BCUT2D eigenvalue weighted by atomic mass is 10.1. The quantitative estimate of drug-likeness (QED) is 0.765. The fraction of sp³-hybridized carbons (Fsp3) is 0.412. The average Bonchev–Trinajstić information content (AvgIpc) is 3.01. The van der Waals surface area contributed by atoms with E-state index in [9.17, 15) is 4.79 Å². The van der Waals surface area contributed by atoms with E-state index in [0.717, 1.165) is 24.9 Å². The minimum absolute atomic E-state index is 0. The molecule has 1 aromatic carbocycles. The van der Waals surface area contributed by atoms with E-state index in [1.54, 1.807) is 24.4 Å². The predicted octanol–water partition coefficient (Wildman–Crippen LogP) is 4.37. The maximum atomic E-state index is 12.3. The van der Waals surface area contributed by atoms with Crippen LogP contribution >= 0.6 is 48.0 Å².